The molecule has 3 heteroatoms. The number of rotatable bonds is 3. The van der Waals surface area contributed by atoms with Crippen LogP contribution in [-0.2, 0) is 4.79 Å². The van der Waals surface area contributed by atoms with Gasteiger partial charge in [0.1, 0.15) is 5.54 Å². The SMILES string of the molecule is Cc1ccc(NC2(C(=O)O)CCCCC2)cc1C. The van der Waals surface area contributed by atoms with Crippen LogP contribution in [0.3, 0.4) is 0 Å². The summed E-state index contributed by atoms with van der Waals surface area (Å²) in [7, 11) is 0. The number of carboxylic acids is 1. The van der Waals surface area contributed by atoms with E-state index in [1.807, 2.05) is 18.2 Å². The van der Waals surface area contributed by atoms with Crippen molar-refractivity contribution in [3.8, 4) is 0 Å². The molecule has 1 fully saturated rings. The van der Waals surface area contributed by atoms with E-state index >= 15 is 0 Å². The summed E-state index contributed by atoms with van der Waals surface area (Å²) < 4.78 is 0. The van der Waals surface area contributed by atoms with Gasteiger partial charge in [0.15, 0.2) is 0 Å². The topological polar surface area (TPSA) is 49.3 Å². The minimum atomic E-state index is -0.764. The molecule has 0 atom stereocenters. The third-order valence-electron chi connectivity index (χ3n) is 4.01. The van der Waals surface area contributed by atoms with Gasteiger partial charge in [0.2, 0.25) is 0 Å². The molecule has 0 aliphatic heterocycles. The molecule has 98 valence electrons. The molecule has 2 rings (SSSR count). The Morgan fingerprint density at radius 3 is 2.39 bits per heavy atom. The number of aryl methyl sites for hydroxylation is 2. The summed E-state index contributed by atoms with van der Waals surface area (Å²) in [5, 5.41) is 12.8. The van der Waals surface area contributed by atoms with Gasteiger partial charge in [0, 0.05) is 5.69 Å². The zero-order valence-corrected chi connectivity index (χ0v) is 11.1. The smallest absolute Gasteiger partial charge is 0.329 e. The molecule has 1 aliphatic carbocycles. The van der Waals surface area contributed by atoms with E-state index in [9.17, 15) is 9.90 Å². The first-order valence-corrected chi connectivity index (χ1v) is 6.62. The van der Waals surface area contributed by atoms with Gasteiger partial charge in [-0.3, -0.25) is 0 Å². The predicted molar refractivity (Wildman–Crippen MR) is 73.0 cm³/mol. The van der Waals surface area contributed by atoms with Crippen LogP contribution >= 0.6 is 0 Å². The molecule has 0 heterocycles. The number of hydrogen-bond acceptors (Lipinski definition) is 2. The fourth-order valence-corrected chi connectivity index (χ4v) is 2.64. The van der Waals surface area contributed by atoms with Gasteiger partial charge in [-0.05, 0) is 49.9 Å². The molecule has 2 N–H and O–H groups in total. The lowest BCUT2D eigenvalue weighted by Gasteiger charge is -2.35. The minimum absolute atomic E-state index is 0.718. The van der Waals surface area contributed by atoms with Crippen molar-refractivity contribution in [2.75, 3.05) is 5.32 Å². The summed E-state index contributed by atoms with van der Waals surface area (Å²) in [6, 6.07) is 6.05. The van der Waals surface area contributed by atoms with E-state index in [4.69, 9.17) is 0 Å². The number of carbonyl (C=O) groups is 1. The quantitative estimate of drug-likeness (QED) is 0.859. The Morgan fingerprint density at radius 1 is 1.17 bits per heavy atom. The maximum absolute atomic E-state index is 11.6. The monoisotopic (exact) mass is 247 g/mol. The molecule has 0 amide bonds. The van der Waals surface area contributed by atoms with Crippen LogP contribution in [0.1, 0.15) is 43.2 Å². The van der Waals surface area contributed by atoms with Crippen LogP contribution in [0, 0.1) is 13.8 Å². The zero-order chi connectivity index (χ0) is 13.2. The number of carboxylic acid groups (broad SMARTS) is 1. The maximum Gasteiger partial charge on any atom is 0.329 e. The number of aliphatic carboxylic acids is 1. The molecule has 0 aromatic heterocycles. The van der Waals surface area contributed by atoms with Crippen LogP contribution in [0.2, 0.25) is 0 Å². The molecule has 0 saturated heterocycles. The highest BCUT2D eigenvalue weighted by Crippen LogP contribution is 2.32. The van der Waals surface area contributed by atoms with Crippen molar-refractivity contribution < 1.29 is 9.90 Å². The van der Waals surface area contributed by atoms with Crippen LogP contribution < -0.4 is 5.32 Å². The van der Waals surface area contributed by atoms with Crippen LogP contribution in [0.15, 0.2) is 18.2 Å². The molecule has 1 saturated carbocycles. The second kappa shape index (κ2) is 5.01. The van der Waals surface area contributed by atoms with E-state index in [1.54, 1.807) is 0 Å². The van der Waals surface area contributed by atoms with Gasteiger partial charge in [0.05, 0.1) is 0 Å². The van der Waals surface area contributed by atoms with E-state index in [0.717, 1.165) is 37.8 Å². The summed E-state index contributed by atoms with van der Waals surface area (Å²) in [5.74, 6) is -0.722. The van der Waals surface area contributed by atoms with Gasteiger partial charge in [-0.2, -0.15) is 0 Å². The van der Waals surface area contributed by atoms with Crippen molar-refractivity contribution in [3.63, 3.8) is 0 Å². The van der Waals surface area contributed by atoms with E-state index in [2.05, 4.69) is 19.2 Å². The number of anilines is 1. The van der Waals surface area contributed by atoms with Gasteiger partial charge in [-0.15, -0.1) is 0 Å². The number of benzene rings is 1. The summed E-state index contributed by atoms with van der Waals surface area (Å²) in [4.78, 5) is 11.6. The number of hydrogen-bond donors (Lipinski definition) is 2. The highest BCUT2D eigenvalue weighted by atomic mass is 16.4. The van der Waals surface area contributed by atoms with Crippen molar-refractivity contribution in [2.24, 2.45) is 0 Å². The van der Waals surface area contributed by atoms with Gasteiger partial charge in [-0.25, -0.2) is 4.79 Å². The zero-order valence-electron chi connectivity index (χ0n) is 11.1. The molecule has 0 unspecified atom stereocenters. The number of nitrogens with one attached hydrogen (secondary N) is 1. The van der Waals surface area contributed by atoms with Gasteiger partial charge < -0.3 is 10.4 Å². The highest BCUT2D eigenvalue weighted by Gasteiger charge is 2.39. The molecular formula is C15H21NO2. The lowest BCUT2D eigenvalue weighted by Crippen LogP contribution is -2.47. The van der Waals surface area contributed by atoms with Crippen LogP contribution in [0.4, 0.5) is 5.69 Å². The fourth-order valence-electron chi connectivity index (χ4n) is 2.64. The fraction of sp³-hybridized carbons (Fsp3) is 0.533. The van der Waals surface area contributed by atoms with Gasteiger partial charge in [-0.1, -0.05) is 25.3 Å². The summed E-state index contributed by atoms with van der Waals surface area (Å²) in [6.07, 6.45) is 4.56. The first-order valence-electron chi connectivity index (χ1n) is 6.62. The van der Waals surface area contributed by atoms with Crippen molar-refractivity contribution in [1.29, 1.82) is 0 Å². The standard InChI is InChI=1S/C15H21NO2/c1-11-6-7-13(10-12(11)2)16-15(14(17)18)8-4-3-5-9-15/h6-7,10,16H,3-5,8-9H2,1-2H3,(H,17,18). The summed E-state index contributed by atoms with van der Waals surface area (Å²) in [5.41, 5.74) is 2.58. The lowest BCUT2D eigenvalue weighted by atomic mass is 9.81. The normalized spacial score (nSPS) is 18.3. The Hall–Kier alpha value is -1.51. The first kappa shape index (κ1) is 12.9. The Bertz CT molecular complexity index is 448. The molecule has 1 aliphatic rings. The lowest BCUT2D eigenvalue weighted by molar-refractivity contribution is -0.143. The average molecular weight is 247 g/mol. The molecule has 1 aromatic rings. The van der Waals surface area contributed by atoms with Crippen molar-refractivity contribution in [1.82, 2.24) is 0 Å². The minimum Gasteiger partial charge on any atom is -0.480 e. The molecule has 0 spiro atoms. The molecule has 3 nitrogen and oxygen atoms in total. The molecule has 0 bridgehead atoms. The Kier molecular flexibility index (Phi) is 3.60. The van der Waals surface area contributed by atoms with Crippen LogP contribution in [0.25, 0.3) is 0 Å². The van der Waals surface area contributed by atoms with E-state index in [0.29, 0.717) is 0 Å². The van der Waals surface area contributed by atoms with E-state index < -0.39 is 11.5 Å². The third kappa shape index (κ3) is 2.50. The van der Waals surface area contributed by atoms with Crippen molar-refractivity contribution >= 4 is 11.7 Å². The Labute approximate surface area is 108 Å². The predicted octanol–water partition coefficient (Wildman–Crippen LogP) is 3.50. The maximum atomic E-state index is 11.6. The van der Waals surface area contributed by atoms with E-state index in [-0.39, 0.29) is 0 Å². The van der Waals surface area contributed by atoms with Crippen LogP contribution in [0.5, 0.6) is 0 Å². The third-order valence-corrected chi connectivity index (χ3v) is 4.01. The second-order valence-corrected chi connectivity index (χ2v) is 5.37. The van der Waals surface area contributed by atoms with Gasteiger partial charge >= 0.3 is 5.97 Å². The second-order valence-electron chi connectivity index (χ2n) is 5.37. The highest BCUT2D eigenvalue weighted by molar-refractivity contribution is 5.83. The largest absolute Gasteiger partial charge is 0.480 e. The summed E-state index contributed by atoms with van der Waals surface area (Å²) >= 11 is 0. The van der Waals surface area contributed by atoms with E-state index in [1.165, 1.54) is 11.1 Å². The molecule has 18 heavy (non-hydrogen) atoms. The van der Waals surface area contributed by atoms with Crippen molar-refractivity contribution in [3.05, 3.63) is 29.3 Å². The van der Waals surface area contributed by atoms with Crippen LogP contribution in [-0.4, -0.2) is 16.6 Å². The first-order chi connectivity index (χ1) is 8.53. The summed E-state index contributed by atoms with van der Waals surface area (Å²) in [6.45, 7) is 4.11. The van der Waals surface area contributed by atoms with Gasteiger partial charge in [0.25, 0.3) is 0 Å². The Morgan fingerprint density at radius 2 is 1.83 bits per heavy atom. The molecule has 1 aromatic carbocycles. The Balaban J connectivity index is 2.23. The molecule has 0 radical (unpaired) electrons. The average Bonchev–Trinajstić information content (AvgIpc) is 2.35. The van der Waals surface area contributed by atoms with Crippen molar-refractivity contribution in [2.45, 2.75) is 51.5 Å². The molecular weight excluding hydrogens is 226 g/mol.